The molecule has 5 unspecified atom stereocenters. The zero-order valence-corrected chi connectivity index (χ0v) is 20.6. The molecule has 5 aromatic rings. The van der Waals surface area contributed by atoms with Crippen LogP contribution in [0.2, 0.25) is 0 Å². The summed E-state index contributed by atoms with van der Waals surface area (Å²) in [5, 5.41) is 47.0. The average Bonchev–Trinajstić information content (AvgIpc) is 3.55. The smallest absolute Gasteiger partial charge is 0.259 e. The molecule has 0 aliphatic carbocycles. The first-order valence-electron chi connectivity index (χ1n) is 12.6. The fourth-order valence-corrected chi connectivity index (χ4v) is 6.98. The van der Waals surface area contributed by atoms with Crippen molar-refractivity contribution in [2.45, 2.75) is 44.0 Å². The quantitative estimate of drug-likeness (QED) is 0.221. The summed E-state index contributed by atoms with van der Waals surface area (Å²) in [6.45, 7) is -0.448. The molecule has 0 saturated carbocycles. The first kappa shape index (κ1) is 23.1. The van der Waals surface area contributed by atoms with Crippen LogP contribution in [0.4, 0.5) is 0 Å². The second-order valence-electron chi connectivity index (χ2n) is 10.3. The van der Waals surface area contributed by atoms with Crippen LogP contribution >= 0.6 is 0 Å². The summed E-state index contributed by atoms with van der Waals surface area (Å²) in [5.41, 5.74) is 4.24. The SMILES string of the molecule is COC1C(O)OC2C(C1O)n1c3ccc(CO)cc3c3c4c(c5c6cc(CO)ccc6n2c5c31)C(=O)NC4=O. The highest BCUT2D eigenvalue weighted by Crippen LogP contribution is 2.54. The number of nitrogens with zero attached hydrogens (tertiary/aromatic N) is 2. The monoisotopic (exact) mass is 529 g/mol. The van der Waals surface area contributed by atoms with E-state index in [0.29, 0.717) is 54.7 Å². The van der Waals surface area contributed by atoms with Gasteiger partial charge >= 0.3 is 0 Å². The van der Waals surface area contributed by atoms with E-state index in [9.17, 15) is 30.0 Å². The van der Waals surface area contributed by atoms with Gasteiger partial charge in [-0.1, -0.05) is 12.1 Å². The van der Waals surface area contributed by atoms with Gasteiger partial charge in [0, 0.05) is 34.2 Å². The third-order valence-electron chi connectivity index (χ3n) is 8.52. The zero-order valence-electron chi connectivity index (χ0n) is 20.6. The number of rotatable bonds is 3. The molecule has 1 fully saturated rings. The Morgan fingerprint density at radius 3 is 1.95 bits per heavy atom. The van der Waals surface area contributed by atoms with E-state index in [1.807, 2.05) is 15.2 Å². The molecule has 5 atom stereocenters. The van der Waals surface area contributed by atoms with Crippen molar-refractivity contribution >= 4 is 55.4 Å². The van der Waals surface area contributed by atoms with Gasteiger partial charge in [0.2, 0.25) is 0 Å². The predicted octanol–water partition coefficient (Wildman–Crippen LogP) is 1.55. The molecule has 0 spiro atoms. The molecule has 5 N–H and O–H groups in total. The molecule has 198 valence electrons. The third-order valence-corrected chi connectivity index (χ3v) is 8.52. The Balaban J connectivity index is 1.68. The van der Waals surface area contributed by atoms with E-state index in [2.05, 4.69) is 5.32 Å². The summed E-state index contributed by atoms with van der Waals surface area (Å²) in [7, 11) is 1.39. The largest absolute Gasteiger partial charge is 0.392 e. The maximum absolute atomic E-state index is 13.3. The second-order valence-corrected chi connectivity index (χ2v) is 10.3. The summed E-state index contributed by atoms with van der Waals surface area (Å²) in [4.78, 5) is 26.7. The van der Waals surface area contributed by atoms with E-state index in [4.69, 9.17) is 9.47 Å². The maximum Gasteiger partial charge on any atom is 0.259 e. The number of ether oxygens (including phenoxy) is 2. The number of methoxy groups -OCH3 is 1. The molecule has 39 heavy (non-hydrogen) atoms. The van der Waals surface area contributed by atoms with Gasteiger partial charge in [-0.25, -0.2) is 0 Å². The topological polar surface area (TPSA) is 155 Å². The number of aromatic nitrogens is 2. The molecule has 5 heterocycles. The van der Waals surface area contributed by atoms with Crippen molar-refractivity contribution in [3.05, 3.63) is 58.7 Å². The minimum absolute atomic E-state index is 0.222. The van der Waals surface area contributed by atoms with Gasteiger partial charge in [-0.3, -0.25) is 14.9 Å². The van der Waals surface area contributed by atoms with Crippen LogP contribution < -0.4 is 5.32 Å². The molecule has 0 bridgehead atoms. The van der Waals surface area contributed by atoms with Gasteiger partial charge in [-0.15, -0.1) is 0 Å². The van der Waals surface area contributed by atoms with Crippen LogP contribution in [0, 0.1) is 0 Å². The molecular formula is C28H23N3O8. The average molecular weight is 530 g/mol. The van der Waals surface area contributed by atoms with Crippen LogP contribution in [0.25, 0.3) is 43.6 Å². The number of carbonyl (C=O) groups excluding carboxylic acids is 2. The lowest BCUT2D eigenvalue weighted by Gasteiger charge is -2.46. The predicted molar refractivity (Wildman–Crippen MR) is 138 cm³/mol. The van der Waals surface area contributed by atoms with Crippen LogP contribution in [-0.4, -0.2) is 67.0 Å². The van der Waals surface area contributed by atoms with E-state index in [-0.39, 0.29) is 24.3 Å². The highest BCUT2D eigenvalue weighted by molar-refractivity contribution is 6.39. The first-order chi connectivity index (χ1) is 18.9. The molecule has 3 aromatic carbocycles. The Bertz CT molecular complexity index is 1940. The Morgan fingerprint density at radius 2 is 1.41 bits per heavy atom. The molecule has 8 rings (SSSR count). The number of fused-ring (bicyclic) bond motifs is 12. The molecular weight excluding hydrogens is 506 g/mol. The number of nitrogens with one attached hydrogen (secondary N) is 1. The van der Waals surface area contributed by atoms with Gasteiger partial charge in [0.05, 0.1) is 40.9 Å². The minimum atomic E-state index is -1.44. The Kier molecular flexibility index (Phi) is 4.52. The van der Waals surface area contributed by atoms with Crippen molar-refractivity contribution in [3.8, 4) is 0 Å². The highest BCUT2D eigenvalue weighted by atomic mass is 16.7. The molecule has 2 amide bonds. The van der Waals surface area contributed by atoms with Crippen molar-refractivity contribution in [2.24, 2.45) is 0 Å². The normalized spacial score (nSPS) is 25.8. The lowest BCUT2D eigenvalue weighted by atomic mass is 9.94. The van der Waals surface area contributed by atoms with Gasteiger partial charge in [-0.05, 0) is 35.4 Å². The van der Waals surface area contributed by atoms with Gasteiger partial charge < -0.3 is 39.0 Å². The number of hydrogen-bond donors (Lipinski definition) is 5. The van der Waals surface area contributed by atoms with Crippen molar-refractivity contribution in [3.63, 3.8) is 0 Å². The standard InChI is InChI=1S/C28H23N3O8/c1-38-24-23(34)22-27(39-28(24)37)31-15-5-3-11(9-33)7-13(15)17-19-18(25(35)29-26(19)36)16-12-6-10(8-32)2-4-14(12)30(22)20(16)21(17)31/h2-7,22-24,27-28,32-34,37H,8-9H2,1H3,(H,29,35,36). The van der Waals surface area contributed by atoms with Crippen molar-refractivity contribution < 1.29 is 39.5 Å². The molecule has 11 heteroatoms. The van der Waals surface area contributed by atoms with Gasteiger partial charge in [0.1, 0.15) is 18.2 Å². The van der Waals surface area contributed by atoms with Crippen LogP contribution in [0.1, 0.15) is 44.1 Å². The number of amides is 2. The van der Waals surface area contributed by atoms with Crippen LogP contribution in [-0.2, 0) is 22.7 Å². The number of carbonyl (C=O) groups is 2. The molecule has 1 saturated heterocycles. The third kappa shape index (κ3) is 2.62. The van der Waals surface area contributed by atoms with Crippen molar-refractivity contribution in [2.75, 3.05) is 7.11 Å². The van der Waals surface area contributed by atoms with E-state index < -0.39 is 42.6 Å². The van der Waals surface area contributed by atoms with Crippen LogP contribution in [0.5, 0.6) is 0 Å². The Morgan fingerprint density at radius 1 is 0.872 bits per heavy atom. The van der Waals surface area contributed by atoms with Gasteiger partial charge in [0.15, 0.2) is 12.5 Å². The lowest BCUT2D eigenvalue weighted by molar-refractivity contribution is -0.287. The van der Waals surface area contributed by atoms with E-state index in [0.717, 1.165) is 0 Å². The fraction of sp³-hybridized carbons (Fsp3) is 0.286. The maximum atomic E-state index is 13.3. The summed E-state index contributed by atoms with van der Waals surface area (Å²) >= 11 is 0. The van der Waals surface area contributed by atoms with E-state index in [1.165, 1.54) is 7.11 Å². The Hall–Kier alpha value is -3.84. The lowest BCUT2D eigenvalue weighted by Crippen LogP contribution is -2.54. The minimum Gasteiger partial charge on any atom is -0.392 e. The van der Waals surface area contributed by atoms with Crippen LogP contribution in [0.3, 0.4) is 0 Å². The number of benzene rings is 3. The molecule has 3 aliphatic heterocycles. The summed E-state index contributed by atoms with van der Waals surface area (Å²) < 4.78 is 15.4. The second kappa shape index (κ2) is 7.63. The number of aliphatic hydroxyl groups excluding tert-OH is 4. The number of hydrogen-bond acceptors (Lipinski definition) is 8. The Labute approximate surface area is 219 Å². The zero-order chi connectivity index (χ0) is 26.9. The fourth-order valence-electron chi connectivity index (χ4n) is 6.98. The first-order valence-corrected chi connectivity index (χ1v) is 12.6. The molecule has 2 aromatic heterocycles. The van der Waals surface area contributed by atoms with E-state index >= 15 is 0 Å². The summed E-state index contributed by atoms with van der Waals surface area (Å²) in [6.07, 6.45) is -4.59. The number of imide groups is 1. The summed E-state index contributed by atoms with van der Waals surface area (Å²) in [5.74, 6) is -1.06. The van der Waals surface area contributed by atoms with Crippen LogP contribution in [0.15, 0.2) is 36.4 Å². The number of aliphatic hydroxyl groups is 4. The van der Waals surface area contributed by atoms with Gasteiger partial charge in [0.25, 0.3) is 11.8 Å². The molecule has 0 radical (unpaired) electrons. The van der Waals surface area contributed by atoms with Crippen molar-refractivity contribution in [1.82, 2.24) is 14.5 Å². The molecule has 11 nitrogen and oxygen atoms in total. The van der Waals surface area contributed by atoms with Gasteiger partial charge in [-0.2, -0.15) is 0 Å². The highest BCUT2D eigenvalue weighted by Gasteiger charge is 2.51. The molecule has 3 aliphatic rings. The summed E-state index contributed by atoms with van der Waals surface area (Å²) in [6, 6.07) is 9.92. The van der Waals surface area contributed by atoms with E-state index in [1.54, 1.807) is 30.3 Å². The van der Waals surface area contributed by atoms with Crippen molar-refractivity contribution in [1.29, 1.82) is 0 Å².